The lowest BCUT2D eigenvalue weighted by atomic mass is 10.6. The minimum absolute atomic E-state index is 0.185. The Morgan fingerprint density at radius 1 is 0.933 bits per heavy atom. The second kappa shape index (κ2) is 5.92. The Morgan fingerprint density at radius 2 is 1.33 bits per heavy atom. The number of nitrogens with zero attached hydrogens (tertiary/aromatic N) is 4. The van der Waals surface area contributed by atoms with Gasteiger partial charge in [0.15, 0.2) is 6.29 Å². The molecular weight excluding hydrogens is 190 g/mol. The predicted molar refractivity (Wildman–Crippen MR) is 65.1 cm³/mol. The van der Waals surface area contributed by atoms with Crippen molar-refractivity contribution in [2.45, 2.75) is 6.29 Å². The van der Waals surface area contributed by atoms with Gasteiger partial charge in [-0.05, 0) is 28.2 Å². The lowest BCUT2D eigenvalue weighted by Crippen LogP contribution is -2.57. The van der Waals surface area contributed by atoms with E-state index in [1.165, 1.54) is 0 Å². The van der Waals surface area contributed by atoms with Crippen LogP contribution >= 0.6 is 0 Å². The SMILES string of the molecule is CN(C)C(NC(N(C)C)N(C)C)=[N+](C)C. The maximum absolute atomic E-state index is 3.47. The zero-order chi connectivity index (χ0) is 12.2. The Bertz CT molecular complexity index is 208. The van der Waals surface area contributed by atoms with Gasteiger partial charge in [0.2, 0.25) is 0 Å². The van der Waals surface area contributed by atoms with Gasteiger partial charge in [-0.1, -0.05) is 0 Å². The molecule has 0 aromatic rings. The molecule has 0 atom stereocenters. The molecule has 0 aliphatic heterocycles. The normalized spacial score (nSPS) is 11.1. The molecule has 0 radical (unpaired) electrons. The van der Waals surface area contributed by atoms with Crippen molar-refractivity contribution in [2.75, 3.05) is 56.4 Å². The summed E-state index contributed by atoms with van der Waals surface area (Å²) in [5.74, 6) is 1.09. The second-order valence-corrected chi connectivity index (χ2v) is 4.56. The molecule has 0 spiro atoms. The summed E-state index contributed by atoms with van der Waals surface area (Å²) >= 11 is 0. The molecule has 5 heteroatoms. The van der Waals surface area contributed by atoms with Gasteiger partial charge < -0.3 is 0 Å². The lowest BCUT2D eigenvalue weighted by molar-refractivity contribution is -0.472. The zero-order valence-corrected chi connectivity index (χ0v) is 11.4. The molecule has 0 amide bonds. The molecule has 15 heavy (non-hydrogen) atoms. The maximum Gasteiger partial charge on any atom is 0.349 e. The van der Waals surface area contributed by atoms with Crippen LogP contribution in [0, 0.1) is 0 Å². The van der Waals surface area contributed by atoms with Gasteiger partial charge in [-0.3, -0.25) is 19.3 Å². The van der Waals surface area contributed by atoms with Crippen LogP contribution in [-0.4, -0.2) is 87.9 Å². The van der Waals surface area contributed by atoms with Crippen molar-refractivity contribution < 1.29 is 4.58 Å². The van der Waals surface area contributed by atoms with E-state index in [4.69, 9.17) is 0 Å². The number of guanidine groups is 1. The van der Waals surface area contributed by atoms with Crippen molar-refractivity contribution in [3.63, 3.8) is 0 Å². The molecule has 0 heterocycles. The smallest absolute Gasteiger partial charge is 0.270 e. The first-order valence-corrected chi connectivity index (χ1v) is 5.08. The van der Waals surface area contributed by atoms with Crippen LogP contribution in [0.1, 0.15) is 0 Å². The Balaban J connectivity index is 4.72. The van der Waals surface area contributed by atoms with Gasteiger partial charge in [0.05, 0.1) is 28.2 Å². The highest BCUT2D eigenvalue weighted by Gasteiger charge is 2.22. The third-order valence-electron chi connectivity index (χ3n) is 2.08. The lowest BCUT2D eigenvalue weighted by Gasteiger charge is -2.30. The molecule has 0 aromatic heterocycles. The van der Waals surface area contributed by atoms with E-state index in [1.54, 1.807) is 0 Å². The van der Waals surface area contributed by atoms with Gasteiger partial charge in [0.1, 0.15) is 0 Å². The monoisotopic (exact) mass is 216 g/mol. The fraction of sp³-hybridized carbons (Fsp3) is 0.900. The molecule has 0 saturated heterocycles. The molecule has 90 valence electrons. The van der Waals surface area contributed by atoms with E-state index >= 15 is 0 Å². The largest absolute Gasteiger partial charge is 0.349 e. The first-order chi connectivity index (χ1) is 6.77. The van der Waals surface area contributed by atoms with E-state index in [0.717, 1.165) is 5.96 Å². The highest BCUT2D eigenvalue weighted by atomic mass is 15.5. The average molecular weight is 216 g/mol. The molecule has 0 fully saturated rings. The van der Waals surface area contributed by atoms with Crippen LogP contribution in [0.25, 0.3) is 0 Å². The van der Waals surface area contributed by atoms with Crippen molar-refractivity contribution >= 4 is 5.96 Å². The van der Waals surface area contributed by atoms with Crippen LogP contribution in [0.2, 0.25) is 0 Å². The highest BCUT2D eigenvalue weighted by Crippen LogP contribution is 1.93. The molecule has 1 N–H and O–H groups in total. The van der Waals surface area contributed by atoms with Gasteiger partial charge in [-0.25, -0.2) is 5.32 Å². The molecule has 5 nitrogen and oxygen atoms in total. The topological polar surface area (TPSA) is 24.8 Å². The van der Waals surface area contributed by atoms with E-state index in [9.17, 15) is 0 Å². The van der Waals surface area contributed by atoms with E-state index in [1.807, 2.05) is 28.2 Å². The minimum Gasteiger partial charge on any atom is -0.270 e. The molecule has 0 bridgehead atoms. The Kier molecular flexibility index (Phi) is 5.60. The molecular formula is C10H26N5+. The Hall–Kier alpha value is -0.810. The molecule has 0 aromatic carbocycles. The van der Waals surface area contributed by atoms with Gasteiger partial charge in [-0.2, -0.15) is 0 Å². The summed E-state index contributed by atoms with van der Waals surface area (Å²) < 4.78 is 2.07. The number of hydrogen-bond donors (Lipinski definition) is 1. The summed E-state index contributed by atoms with van der Waals surface area (Å²) in [6.07, 6.45) is 0.185. The highest BCUT2D eigenvalue weighted by molar-refractivity contribution is 5.74. The number of rotatable bonds is 3. The van der Waals surface area contributed by atoms with Crippen molar-refractivity contribution in [2.24, 2.45) is 0 Å². The first kappa shape index (κ1) is 14.2. The molecule has 0 unspecified atom stereocenters. The molecule has 0 aliphatic carbocycles. The van der Waals surface area contributed by atoms with E-state index in [0.29, 0.717) is 0 Å². The first-order valence-electron chi connectivity index (χ1n) is 5.08. The van der Waals surface area contributed by atoms with Gasteiger partial charge in [-0.15, -0.1) is 0 Å². The fourth-order valence-corrected chi connectivity index (χ4v) is 1.49. The van der Waals surface area contributed by atoms with Crippen molar-refractivity contribution in [1.82, 2.24) is 20.0 Å². The second-order valence-electron chi connectivity index (χ2n) is 4.56. The standard InChI is InChI=1S/C10H25N5/c1-12(2)9(13(3)4)11-10(14(5)6)15(7)8/h9H,1-8H3/p+1. The number of hydrogen-bond acceptors (Lipinski definition) is 2. The number of nitrogens with one attached hydrogen (secondary N) is 1. The van der Waals surface area contributed by atoms with Crippen LogP contribution < -0.4 is 5.32 Å². The maximum atomic E-state index is 3.47. The summed E-state index contributed by atoms with van der Waals surface area (Å²) in [6.45, 7) is 0. The van der Waals surface area contributed by atoms with E-state index < -0.39 is 0 Å². The van der Waals surface area contributed by atoms with Crippen molar-refractivity contribution in [3.8, 4) is 0 Å². The fourth-order valence-electron chi connectivity index (χ4n) is 1.49. The van der Waals surface area contributed by atoms with Crippen molar-refractivity contribution in [1.29, 1.82) is 0 Å². The van der Waals surface area contributed by atoms with Gasteiger partial charge in [0, 0.05) is 0 Å². The van der Waals surface area contributed by atoms with Crippen LogP contribution in [0.4, 0.5) is 0 Å². The Morgan fingerprint density at radius 3 is 1.53 bits per heavy atom. The van der Waals surface area contributed by atoms with Crippen molar-refractivity contribution in [3.05, 3.63) is 0 Å². The molecule has 0 aliphatic rings. The van der Waals surface area contributed by atoms with Crippen LogP contribution in [0.5, 0.6) is 0 Å². The summed E-state index contributed by atoms with van der Waals surface area (Å²) in [7, 11) is 16.4. The van der Waals surface area contributed by atoms with Gasteiger partial charge in [0.25, 0.3) is 0 Å². The summed E-state index contributed by atoms with van der Waals surface area (Å²) in [4.78, 5) is 6.33. The van der Waals surface area contributed by atoms with Gasteiger partial charge >= 0.3 is 5.96 Å². The molecule has 0 saturated carbocycles. The third-order valence-corrected chi connectivity index (χ3v) is 2.08. The Labute approximate surface area is 94.0 Å². The predicted octanol–water partition coefficient (Wildman–Crippen LogP) is -0.827. The average Bonchev–Trinajstić information content (AvgIpc) is 2.01. The zero-order valence-electron chi connectivity index (χ0n) is 11.4. The van der Waals surface area contributed by atoms with Crippen LogP contribution in [0.15, 0.2) is 0 Å². The minimum atomic E-state index is 0.185. The third kappa shape index (κ3) is 4.48. The summed E-state index contributed by atoms with van der Waals surface area (Å²) in [5.41, 5.74) is 0. The quantitative estimate of drug-likeness (QED) is 0.288. The summed E-state index contributed by atoms with van der Waals surface area (Å²) in [5, 5.41) is 3.47. The van der Waals surface area contributed by atoms with E-state index in [2.05, 4.69) is 52.8 Å². The van der Waals surface area contributed by atoms with Crippen LogP contribution in [-0.2, 0) is 0 Å². The molecule has 0 rings (SSSR count). The van der Waals surface area contributed by atoms with E-state index in [-0.39, 0.29) is 6.29 Å². The summed E-state index contributed by atoms with van der Waals surface area (Å²) in [6, 6.07) is 0. The van der Waals surface area contributed by atoms with Crippen LogP contribution in [0.3, 0.4) is 0 Å².